The van der Waals surface area contributed by atoms with E-state index in [4.69, 9.17) is 17.5 Å². The van der Waals surface area contributed by atoms with Gasteiger partial charge in [-0.1, -0.05) is 19.1 Å². The molecule has 2 rings (SSSR count). The lowest BCUT2D eigenvalue weighted by molar-refractivity contribution is 0.724. The highest BCUT2D eigenvalue weighted by Crippen LogP contribution is 2.08. The molecule has 17 heavy (non-hydrogen) atoms. The van der Waals surface area contributed by atoms with Crippen LogP contribution in [0, 0.1) is 16.1 Å². The molecular weight excluding hydrogens is 232 g/mol. The summed E-state index contributed by atoms with van der Waals surface area (Å²) in [6.07, 6.45) is 0.824. The van der Waals surface area contributed by atoms with E-state index in [0.29, 0.717) is 16.9 Å². The molecule has 0 atom stereocenters. The van der Waals surface area contributed by atoms with E-state index in [1.807, 2.05) is 29.7 Å². The van der Waals surface area contributed by atoms with Crippen molar-refractivity contribution in [1.82, 2.24) is 14.8 Å². The topological polar surface area (TPSA) is 57.4 Å². The molecule has 1 heterocycles. The normalized spacial score (nSPS) is 10.1. The lowest BCUT2D eigenvalue weighted by Crippen LogP contribution is -2.04. The van der Waals surface area contributed by atoms with Gasteiger partial charge in [-0.2, -0.15) is 10.4 Å². The molecule has 1 N–H and O–H groups in total. The SMILES string of the molecule is CCc1n[nH]c(=S)n1Cc1cccc(C#N)c1. The van der Waals surface area contributed by atoms with Crippen LogP contribution >= 0.6 is 12.2 Å². The van der Waals surface area contributed by atoms with Gasteiger partial charge in [0, 0.05) is 6.42 Å². The van der Waals surface area contributed by atoms with Crippen LogP contribution in [0.5, 0.6) is 0 Å². The van der Waals surface area contributed by atoms with E-state index >= 15 is 0 Å². The summed E-state index contributed by atoms with van der Waals surface area (Å²) < 4.78 is 2.57. The summed E-state index contributed by atoms with van der Waals surface area (Å²) in [6, 6.07) is 9.65. The molecule has 0 saturated heterocycles. The van der Waals surface area contributed by atoms with Crippen molar-refractivity contribution in [2.75, 3.05) is 0 Å². The maximum atomic E-state index is 8.85. The summed E-state index contributed by atoms with van der Waals surface area (Å²) in [5.41, 5.74) is 1.71. The van der Waals surface area contributed by atoms with Crippen molar-refractivity contribution in [3.63, 3.8) is 0 Å². The maximum absolute atomic E-state index is 8.85. The Hall–Kier alpha value is -1.93. The molecule has 0 amide bonds. The van der Waals surface area contributed by atoms with Gasteiger partial charge in [0.2, 0.25) is 0 Å². The summed E-state index contributed by atoms with van der Waals surface area (Å²) in [5, 5.41) is 15.8. The van der Waals surface area contributed by atoms with E-state index in [1.54, 1.807) is 6.07 Å². The van der Waals surface area contributed by atoms with Gasteiger partial charge in [0.15, 0.2) is 4.77 Å². The number of aromatic nitrogens is 3. The number of hydrogen-bond donors (Lipinski definition) is 1. The molecule has 0 radical (unpaired) electrons. The second kappa shape index (κ2) is 4.93. The summed E-state index contributed by atoms with van der Waals surface area (Å²) in [5.74, 6) is 0.928. The molecule has 5 heteroatoms. The number of aryl methyl sites for hydroxylation is 1. The van der Waals surface area contributed by atoms with Gasteiger partial charge in [-0.15, -0.1) is 0 Å². The number of nitriles is 1. The van der Waals surface area contributed by atoms with Crippen molar-refractivity contribution in [1.29, 1.82) is 5.26 Å². The zero-order chi connectivity index (χ0) is 12.3. The van der Waals surface area contributed by atoms with Crippen LogP contribution in [-0.4, -0.2) is 14.8 Å². The highest BCUT2D eigenvalue weighted by atomic mass is 32.1. The van der Waals surface area contributed by atoms with Gasteiger partial charge in [-0.3, -0.25) is 9.67 Å². The molecule has 0 aliphatic carbocycles. The number of hydrogen-bond acceptors (Lipinski definition) is 3. The molecule has 0 spiro atoms. The first kappa shape index (κ1) is 11.6. The van der Waals surface area contributed by atoms with Crippen molar-refractivity contribution >= 4 is 12.2 Å². The highest BCUT2D eigenvalue weighted by Gasteiger charge is 2.04. The molecule has 0 aliphatic heterocycles. The van der Waals surface area contributed by atoms with Gasteiger partial charge in [0.1, 0.15) is 5.82 Å². The minimum Gasteiger partial charge on any atom is -0.300 e. The van der Waals surface area contributed by atoms with Crippen molar-refractivity contribution in [2.24, 2.45) is 0 Å². The van der Waals surface area contributed by atoms with Crippen molar-refractivity contribution in [2.45, 2.75) is 19.9 Å². The van der Waals surface area contributed by atoms with Crippen molar-refractivity contribution in [3.05, 3.63) is 46.0 Å². The van der Waals surface area contributed by atoms with Gasteiger partial charge in [0.05, 0.1) is 18.2 Å². The Morgan fingerprint density at radius 3 is 3.06 bits per heavy atom. The lowest BCUT2D eigenvalue weighted by Gasteiger charge is -2.05. The largest absolute Gasteiger partial charge is 0.300 e. The van der Waals surface area contributed by atoms with Crippen molar-refractivity contribution < 1.29 is 0 Å². The summed E-state index contributed by atoms with van der Waals surface area (Å²) in [4.78, 5) is 0. The fourth-order valence-electron chi connectivity index (χ4n) is 1.71. The number of benzene rings is 1. The number of nitrogens with zero attached hydrogens (tertiary/aromatic N) is 3. The van der Waals surface area contributed by atoms with Crippen LogP contribution in [0.15, 0.2) is 24.3 Å². The molecule has 1 aromatic carbocycles. The maximum Gasteiger partial charge on any atom is 0.195 e. The van der Waals surface area contributed by atoms with Gasteiger partial charge in [-0.05, 0) is 29.9 Å². The molecule has 4 nitrogen and oxygen atoms in total. The Morgan fingerprint density at radius 2 is 2.35 bits per heavy atom. The van der Waals surface area contributed by atoms with Gasteiger partial charge in [-0.25, -0.2) is 0 Å². The van der Waals surface area contributed by atoms with E-state index in [0.717, 1.165) is 17.8 Å². The number of rotatable bonds is 3. The quantitative estimate of drug-likeness (QED) is 0.844. The number of nitrogens with one attached hydrogen (secondary N) is 1. The first-order valence-electron chi connectivity index (χ1n) is 5.37. The monoisotopic (exact) mass is 244 g/mol. The van der Waals surface area contributed by atoms with Crippen LogP contribution in [0.3, 0.4) is 0 Å². The minimum atomic E-state index is 0.615. The van der Waals surface area contributed by atoms with Gasteiger partial charge < -0.3 is 0 Å². The molecule has 0 aliphatic rings. The van der Waals surface area contributed by atoms with E-state index in [-0.39, 0.29) is 0 Å². The van der Waals surface area contributed by atoms with Crippen LogP contribution in [0.1, 0.15) is 23.9 Å². The smallest absolute Gasteiger partial charge is 0.195 e. The second-order valence-corrected chi connectivity index (χ2v) is 4.08. The fraction of sp³-hybridized carbons (Fsp3) is 0.250. The van der Waals surface area contributed by atoms with Crippen LogP contribution in [0.25, 0.3) is 0 Å². The number of H-pyrrole nitrogens is 1. The molecule has 0 bridgehead atoms. The zero-order valence-corrected chi connectivity index (χ0v) is 10.3. The number of aromatic amines is 1. The summed E-state index contributed by atoms with van der Waals surface area (Å²) >= 11 is 5.18. The third-order valence-corrected chi connectivity index (χ3v) is 2.86. The molecule has 0 unspecified atom stereocenters. The molecule has 0 fully saturated rings. The lowest BCUT2D eigenvalue weighted by atomic mass is 10.1. The van der Waals surface area contributed by atoms with Crippen LogP contribution in [0.2, 0.25) is 0 Å². The molecular formula is C12H12N4S. The predicted octanol–water partition coefficient (Wildman–Crippen LogP) is 2.42. The zero-order valence-electron chi connectivity index (χ0n) is 9.47. The standard InChI is InChI=1S/C12H12N4S/c1-2-11-14-15-12(17)16(11)8-10-5-3-4-9(6-10)7-13/h3-6H,2,8H2,1H3,(H,15,17). The van der Waals surface area contributed by atoms with E-state index < -0.39 is 0 Å². The molecule has 0 saturated carbocycles. The summed E-state index contributed by atoms with van der Waals surface area (Å²) in [6.45, 7) is 2.68. The third kappa shape index (κ3) is 2.43. The van der Waals surface area contributed by atoms with E-state index in [9.17, 15) is 0 Å². The molecule has 2 aromatic rings. The Labute approximate surface area is 105 Å². The summed E-state index contributed by atoms with van der Waals surface area (Å²) in [7, 11) is 0. The van der Waals surface area contributed by atoms with Crippen LogP contribution in [-0.2, 0) is 13.0 Å². The first-order chi connectivity index (χ1) is 8.24. The minimum absolute atomic E-state index is 0.615. The Morgan fingerprint density at radius 1 is 1.53 bits per heavy atom. The van der Waals surface area contributed by atoms with Crippen molar-refractivity contribution in [3.8, 4) is 6.07 Å². The highest BCUT2D eigenvalue weighted by molar-refractivity contribution is 7.71. The van der Waals surface area contributed by atoms with Gasteiger partial charge >= 0.3 is 0 Å². The van der Waals surface area contributed by atoms with Gasteiger partial charge in [0.25, 0.3) is 0 Å². The fourth-order valence-corrected chi connectivity index (χ4v) is 1.92. The third-order valence-electron chi connectivity index (χ3n) is 2.55. The van der Waals surface area contributed by atoms with E-state index in [2.05, 4.69) is 16.3 Å². The predicted molar refractivity (Wildman–Crippen MR) is 67.0 cm³/mol. The van der Waals surface area contributed by atoms with Crippen LogP contribution < -0.4 is 0 Å². The van der Waals surface area contributed by atoms with Crippen LogP contribution in [0.4, 0.5) is 0 Å². The van der Waals surface area contributed by atoms with E-state index in [1.165, 1.54) is 0 Å². The Balaban J connectivity index is 2.34. The Bertz CT molecular complexity index is 618. The second-order valence-electron chi connectivity index (χ2n) is 3.70. The average Bonchev–Trinajstić information content (AvgIpc) is 2.71. The Kier molecular flexibility index (Phi) is 3.35. The molecule has 86 valence electrons. The first-order valence-corrected chi connectivity index (χ1v) is 5.78. The molecule has 1 aromatic heterocycles. The average molecular weight is 244 g/mol.